The number of amides is 3. The first-order chi connectivity index (χ1) is 19.7. The van der Waals surface area contributed by atoms with E-state index in [1.54, 1.807) is 29.7 Å². The summed E-state index contributed by atoms with van der Waals surface area (Å²) in [5.41, 5.74) is 2.57. The smallest absolute Gasteiger partial charge is 0.377 e. The van der Waals surface area contributed by atoms with E-state index in [9.17, 15) is 27.6 Å². The lowest BCUT2D eigenvalue weighted by Crippen LogP contribution is -2.46. The summed E-state index contributed by atoms with van der Waals surface area (Å²) in [6.45, 7) is 3.63. The third kappa shape index (κ3) is 7.29. The Morgan fingerprint density at radius 1 is 1.10 bits per heavy atom. The summed E-state index contributed by atoms with van der Waals surface area (Å²) in [4.78, 5) is 41.1. The van der Waals surface area contributed by atoms with Gasteiger partial charge >= 0.3 is 6.18 Å². The molecule has 3 amide bonds. The molecule has 0 bridgehead atoms. The molecule has 228 valence electrons. The number of allylic oxidation sites excluding steroid dienone is 1. The zero-order chi connectivity index (χ0) is 30.9. The fourth-order valence-corrected chi connectivity index (χ4v) is 4.96. The minimum atomic E-state index is -4.59. The lowest BCUT2D eigenvalue weighted by atomic mass is 9.96. The van der Waals surface area contributed by atoms with Gasteiger partial charge < -0.3 is 20.9 Å². The van der Waals surface area contributed by atoms with E-state index in [4.69, 9.17) is 0 Å². The van der Waals surface area contributed by atoms with Gasteiger partial charge in [-0.25, -0.2) is 4.39 Å². The normalized spacial score (nSPS) is 16.1. The van der Waals surface area contributed by atoms with Crippen LogP contribution in [-0.4, -0.2) is 60.4 Å². The van der Waals surface area contributed by atoms with Gasteiger partial charge in [-0.15, -0.1) is 0 Å². The van der Waals surface area contributed by atoms with Crippen LogP contribution in [0.2, 0.25) is 0 Å². The van der Waals surface area contributed by atoms with Crippen molar-refractivity contribution in [2.24, 2.45) is 5.92 Å². The highest BCUT2D eigenvalue weighted by Gasteiger charge is 2.40. The number of halogens is 4. The lowest BCUT2D eigenvalue weighted by Gasteiger charge is -2.25. The number of carbonyl (C=O) groups is 3. The predicted molar refractivity (Wildman–Crippen MR) is 150 cm³/mol. The molecule has 1 heterocycles. The van der Waals surface area contributed by atoms with E-state index < -0.39 is 48.2 Å². The van der Waals surface area contributed by atoms with Crippen LogP contribution in [0.4, 0.5) is 28.9 Å². The van der Waals surface area contributed by atoms with Gasteiger partial charge in [0.1, 0.15) is 24.1 Å². The quantitative estimate of drug-likeness (QED) is 0.259. The van der Waals surface area contributed by atoms with Crippen molar-refractivity contribution in [3.8, 4) is 0 Å². The van der Waals surface area contributed by atoms with Crippen molar-refractivity contribution in [1.29, 1.82) is 0 Å². The fourth-order valence-electron chi connectivity index (χ4n) is 4.96. The Kier molecular flexibility index (Phi) is 8.98. The molecule has 1 unspecified atom stereocenters. The molecule has 9 nitrogen and oxygen atoms in total. The Morgan fingerprint density at radius 3 is 2.31 bits per heavy atom. The molecule has 13 heteroatoms. The Labute approximate surface area is 241 Å². The van der Waals surface area contributed by atoms with E-state index in [0.717, 1.165) is 42.9 Å². The van der Waals surface area contributed by atoms with Crippen molar-refractivity contribution >= 4 is 29.1 Å². The number of nitrogens with one attached hydrogen (secondary N) is 3. The van der Waals surface area contributed by atoms with Crippen LogP contribution < -0.4 is 20.9 Å². The number of benzene rings is 1. The van der Waals surface area contributed by atoms with E-state index in [-0.39, 0.29) is 23.2 Å². The minimum Gasteiger partial charge on any atom is -0.377 e. The number of anilines is 2. The standard InChI is InChI=1S/C29H36F4N6O3/c1-15(2)39-22(10-11-35-39)27(41)37-25(24(17-6-7-17)18-8-9-18)28(42)36-21-13-23(38(4)5)19(12-20(21)30)16(3)26(40)34-14-29(31,32)33/h10-13,15-17,25H,6-9,14H2,1-5H3,(H,34,40)(H,36,42)(H,37,41)/t16?,25-/m0/s1. The van der Waals surface area contributed by atoms with Gasteiger partial charge in [-0.3, -0.25) is 19.1 Å². The van der Waals surface area contributed by atoms with Crippen molar-refractivity contribution < 1.29 is 31.9 Å². The van der Waals surface area contributed by atoms with Crippen LogP contribution in [-0.2, 0) is 9.59 Å². The van der Waals surface area contributed by atoms with Crippen LogP contribution in [0.3, 0.4) is 0 Å². The van der Waals surface area contributed by atoms with Gasteiger partial charge in [-0.1, -0.05) is 5.57 Å². The van der Waals surface area contributed by atoms with E-state index in [1.165, 1.54) is 19.2 Å². The van der Waals surface area contributed by atoms with Gasteiger partial charge in [0.25, 0.3) is 11.8 Å². The first kappa shape index (κ1) is 31.0. The molecule has 0 saturated heterocycles. The van der Waals surface area contributed by atoms with Crippen LogP contribution in [0, 0.1) is 11.7 Å². The van der Waals surface area contributed by atoms with Crippen molar-refractivity contribution in [3.05, 3.63) is 52.6 Å². The molecule has 2 atom stereocenters. The second kappa shape index (κ2) is 12.1. The maximum absolute atomic E-state index is 15.4. The highest BCUT2D eigenvalue weighted by molar-refractivity contribution is 6.03. The molecule has 2 saturated carbocycles. The molecule has 0 aliphatic heterocycles. The first-order valence-electron chi connectivity index (χ1n) is 13.9. The molecule has 2 aromatic rings. The molecule has 0 radical (unpaired) electrons. The topological polar surface area (TPSA) is 108 Å². The SMILES string of the molecule is CC(C(=O)NCC(F)(F)F)c1cc(F)c(NC(=O)[C@@H](NC(=O)c2ccnn2C(C)C)C(=C2CC2)C2CC2)cc1N(C)C. The summed E-state index contributed by atoms with van der Waals surface area (Å²) >= 11 is 0. The third-order valence-corrected chi connectivity index (χ3v) is 7.35. The first-order valence-corrected chi connectivity index (χ1v) is 13.9. The molecule has 1 aromatic carbocycles. The molecule has 42 heavy (non-hydrogen) atoms. The van der Waals surface area contributed by atoms with Crippen LogP contribution in [0.1, 0.15) is 74.5 Å². The Balaban J connectivity index is 1.62. The zero-order valence-electron chi connectivity index (χ0n) is 24.2. The highest BCUT2D eigenvalue weighted by Crippen LogP contribution is 2.46. The fraction of sp³-hybridized carbons (Fsp3) is 0.517. The van der Waals surface area contributed by atoms with Gasteiger partial charge in [0.2, 0.25) is 5.91 Å². The molecule has 3 N–H and O–H groups in total. The number of hydrogen-bond donors (Lipinski definition) is 3. The average molecular weight is 593 g/mol. The molecule has 0 spiro atoms. The summed E-state index contributed by atoms with van der Waals surface area (Å²) in [5.74, 6) is -3.83. The monoisotopic (exact) mass is 592 g/mol. The van der Waals surface area contributed by atoms with E-state index in [1.807, 2.05) is 19.2 Å². The van der Waals surface area contributed by atoms with Crippen LogP contribution in [0.25, 0.3) is 0 Å². The maximum atomic E-state index is 15.4. The van der Waals surface area contributed by atoms with Crippen LogP contribution in [0.5, 0.6) is 0 Å². The van der Waals surface area contributed by atoms with Gasteiger partial charge in [-0.05, 0) is 81.7 Å². The van der Waals surface area contributed by atoms with E-state index >= 15 is 4.39 Å². The van der Waals surface area contributed by atoms with Crippen molar-refractivity contribution in [1.82, 2.24) is 20.4 Å². The largest absolute Gasteiger partial charge is 0.405 e. The molecular formula is C29H36F4N6O3. The Bertz CT molecular complexity index is 1390. The van der Waals surface area contributed by atoms with Gasteiger partial charge in [0.15, 0.2) is 0 Å². The van der Waals surface area contributed by atoms with Gasteiger partial charge in [0, 0.05) is 32.0 Å². The van der Waals surface area contributed by atoms with Gasteiger partial charge in [-0.2, -0.15) is 18.3 Å². The number of hydrogen-bond acceptors (Lipinski definition) is 5. The van der Waals surface area contributed by atoms with Crippen molar-refractivity contribution in [2.75, 3.05) is 30.9 Å². The van der Waals surface area contributed by atoms with E-state index in [0.29, 0.717) is 11.4 Å². The maximum Gasteiger partial charge on any atom is 0.405 e. The average Bonchev–Trinajstić information content (AvgIpc) is 3.85. The van der Waals surface area contributed by atoms with Crippen molar-refractivity contribution in [3.63, 3.8) is 0 Å². The molecular weight excluding hydrogens is 556 g/mol. The zero-order valence-corrected chi connectivity index (χ0v) is 24.2. The van der Waals surface area contributed by atoms with Crippen LogP contribution >= 0.6 is 0 Å². The second-order valence-corrected chi connectivity index (χ2v) is 11.3. The molecule has 2 aliphatic carbocycles. The summed E-state index contributed by atoms with van der Waals surface area (Å²) in [6, 6.07) is 2.82. The molecule has 1 aromatic heterocycles. The summed E-state index contributed by atoms with van der Waals surface area (Å²) in [7, 11) is 3.26. The summed E-state index contributed by atoms with van der Waals surface area (Å²) < 4.78 is 54.8. The number of nitrogens with zero attached hydrogens (tertiary/aromatic N) is 3. The van der Waals surface area contributed by atoms with Crippen molar-refractivity contribution in [2.45, 2.75) is 70.6 Å². The molecule has 4 rings (SSSR count). The van der Waals surface area contributed by atoms with Crippen LogP contribution in [0.15, 0.2) is 35.5 Å². The Hall–Kier alpha value is -3.90. The molecule has 2 aliphatic rings. The summed E-state index contributed by atoms with van der Waals surface area (Å²) in [5, 5.41) is 11.5. The predicted octanol–water partition coefficient (Wildman–Crippen LogP) is 4.69. The summed E-state index contributed by atoms with van der Waals surface area (Å²) in [6.07, 6.45) is 0.369. The number of alkyl halides is 3. The number of aromatic nitrogens is 2. The van der Waals surface area contributed by atoms with Gasteiger partial charge in [0.05, 0.1) is 11.6 Å². The third-order valence-electron chi connectivity index (χ3n) is 7.35. The minimum absolute atomic E-state index is 0.0901. The van der Waals surface area contributed by atoms with E-state index in [2.05, 4.69) is 15.7 Å². The lowest BCUT2D eigenvalue weighted by molar-refractivity contribution is -0.139. The number of rotatable bonds is 11. The highest BCUT2D eigenvalue weighted by atomic mass is 19.4. The molecule has 2 fully saturated rings. The second-order valence-electron chi connectivity index (χ2n) is 11.3. The Morgan fingerprint density at radius 2 is 1.76 bits per heavy atom. The number of carbonyl (C=O) groups excluding carboxylic acids is 3.